The number of carboxylic acid groups (broad SMARTS) is 1. The molecule has 0 amide bonds. The number of rotatable bonds is 2. The van der Waals surface area contributed by atoms with Crippen LogP contribution in [0.4, 0.5) is 0 Å². The minimum absolute atomic E-state index is 0.319. The summed E-state index contributed by atoms with van der Waals surface area (Å²) >= 11 is 0. The van der Waals surface area contributed by atoms with Crippen molar-refractivity contribution >= 4 is 5.97 Å². The second-order valence-electron chi connectivity index (χ2n) is 3.02. The molecular formula is C10H10N2O2. The summed E-state index contributed by atoms with van der Waals surface area (Å²) in [5.41, 5.74) is 6.99. The zero-order chi connectivity index (χ0) is 10.7. The fourth-order valence-electron chi connectivity index (χ4n) is 1.17. The van der Waals surface area contributed by atoms with Crippen LogP contribution in [-0.4, -0.2) is 11.1 Å². The summed E-state index contributed by atoms with van der Waals surface area (Å²) in [7, 11) is 0. The maximum Gasteiger partial charge on any atom is 0.325 e. The number of nitrogens with two attached hydrogens (primary N) is 1. The van der Waals surface area contributed by atoms with Crippen molar-refractivity contribution in [2.75, 3.05) is 0 Å². The Kier molecular flexibility index (Phi) is 2.85. The lowest BCUT2D eigenvalue weighted by Gasteiger charge is -2.08. The number of hydrogen-bond acceptors (Lipinski definition) is 3. The molecule has 0 spiro atoms. The van der Waals surface area contributed by atoms with Crippen LogP contribution in [0.15, 0.2) is 18.2 Å². The van der Waals surface area contributed by atoms with Crippen LogP contribution in [0.5, 0.6) is 0 Å². The van der Waals surface area contributed by atoms with Crippen molar-refractivity contribution in [3.05, 3.63) is 34.9 Å². The Morgan fingerprint density at radius 1 is 1.64 bits per heavy atom. The van der Waals surface area contributed by atoms with Gasteiger partial charge in [-0.2, -0.15) is 5.26 Å². The van der Waals surface area contributed by atoms with Crippen LogP contribution < -0.4 is 5.73 Å². The number of aliphatic carboxylic acids is 1. The van der Waals surface area contributed by atoms with Gasteiger partial charge in [0.25, 0.3) is 0 Å². The Morgan fingerprint density at radius 2 is 2.29 bits per heavy atom. The first-order valence-electron chi connectivity index (χ1n) is 4.05. The summed E-state index contributed by atoms with van der Waals surface area (Å²) in [6.07, 6.45) is 0. The number of aryl methyl sites for hydroxylation is 1. The van der Waals surface area contributed by atoms with E-state index < -0.39 is 12.0 Å². The monoisotopic (exact) mass is 190 g/mol. The zero-order valence-electron chi connectivity index (χ0n) is 7.69. The van der Waals surface area contributed by atoms with E-state index in [0.717, 1.165) is 5.56 Å². The molecule has 0 aromatic heterocycles. The minimum Gasteiger partial charge on any atom is -0.480 e. The van der Waals surface area contributed by atoms with E-state index in [0.29, 0.717) is 11.1 Å². The van der Waals surface area contributed by atoms with Gasteiger partial charge in [0.05, 0.1) is 11.6 Å². The molecule has 0 aliphatic carbocycles. The molecule has 72 valence electrons. The second-order valence-corrected chi connectivity index (χ2v) is 3.02. The smallest absolute Gasteiger partial charge is 0.325 e. The van der Waals surface area contributed by atoms with Crippen molar-refractivity contribution in [3.8, 4) is 6.07 Å². The summed E-state index contributed by atoms with van der Waals surface area (Å²) in [5.74, 6) is -1.13. The highest BCUT2D eigenvalue weighted by molar-refractivity contribution is 5.76. The van der Waals surface area contributed by atoms with Gasteiger partial charge < -0.3 is 10.8 Å². The molecule has 1 aromatic rings. The summed E-state index contributed by atoms with van der Waals surface area (Å²) in [4.78, 5) is 10.6. The van der Waals surface area contributed by atoms with Crippen molar-refractivity contribution in [1.82, 2.24) is 0 Å². The lowest BCUT2D eigenvalue weighted by molar-refractivity contribution is -0.138. The Morgan fingerprint density at radius 3 is 2.79 bits per heavy atom. The topological polar surface area (TPSA) is 87.1 Å². The van der Waals surface area contributed by atoms with Crippen molar-refractivity contribution in [1.29, 1.82) is 5.26 Å². The summed E-state index contributed by atoms with van der Waals surface area (Å²) in [5, 5.41) is 17.5. The van der Waals surface area contributed by atoms with Gasteiger partial charge >= 0.3 is 5.97 Å². The third-order valence-corrected chi connectivity index (χ3v) is 1.93. The van der Waals surface area contributed by atoms with Crippen LogP contribution in [-0.2, 0) is 4.79 Å². The van der Waals surface area contributed by atoms with E-state index in [1.165, 1.54) is 0 Å². The lowest BCUT2D eigenvalue weighted by atomic mass is 10.00. The van der Waals surface area contributed by atoms with Crippen LogP contribution >= 0.6 is 0 Å². The molecule has 0 radical (unpaired) electrons. The van der Waals surface area contributed by atoms with Crippen LogP contribution in [0, 0.1) is 18.3 Å². The molecule has 3 N–H and O–H groups in total. The van der Waals surface area contributed by atoms with Gasteiger partial charge in [0.2, 0.25) is 0 Å². The van der Waals surface area contributed by atoms with Crippen molar-refractivity contribution in [2.24, 2.45) is 5.73 Å². The number of hydrogen-bond donors (Lipinski definition) is 2. The van der Waals surface area contributed by atoms with Gasteiger partial charge in [0.15, 0.2) is 0 Å². The van der Waals surface area contributed by atoms with Crippen LogP contribution in [0.25, 0.3) is 0 Å². The summed E-state index contributed by atoms with van der Waals surface area (Å²) < 4.78 is 0. The maximum atomic E-state index is 10.6. The van der Waals surface area contributed by atoms with E-state index in [2.05, 4.69) is 0 Å². The van der Waals surface area contributed by atoms with Gasteiger partial charge in [-0.15, -0.1) is 0 Å². The van der Waals surface area contributed by atoms with Crippen LogP contribution in [0.3, 0.4) is 0 Å². The molecular weight excluding hydrogens is 180 g/mol. The Balaban J connectivity index is 3.22. The van der Waals surface area contributed by atoms with Gasteiger partial charge in [-0.1, -0.05) is 12.1 Å². The Bertz CT molecular complexity index is 407. The first-order chi connectivity index (χ1) is 6.56. The quantitative estimate of drug-likeness (QED) is 0.726. The minimum atomic E-state index is -1.13. The van der Waals surface area contributed by atoms with Gasteiger partial charge in [-0.05, 0) is 24.1 Å². The average molecular weight is 190 g/mol. The van der Waals surface area contributed by atoms with Gasteiger partial charge in [-0.3, -0.25) is 4.79 Å². The third kappa shape index (κ3) is 1.90. The molecule has 0 saturated carbocycles. The van der Waals surface area contributed by atoms with Gasteiger partial charge in [0.1, 0.15) is 6.04 Å². The molecule has 4 nitrogen and oxygen atoms in total. The predicted molar refractivity (Wildman–Crippen MR) is 50.5 cm³/mol. The number of nitrogens with zero attached hydrogens (tertiary/aromatic N) is 1. The molecule has 0 fully saturated rings. The van der Waals surface area contributed by atoms with Crippen LogP contribution in [0.2, 0.25) is 0 Å². The Hall–Kier alpha value is -1.86. The number of benzene rings is 1. The van der Waals surface area contributed by atoms with E-state index in [9.17, 15) is 4.79 Å². The van der Waals surface area contributed by atoms with Crippen molar-refractivity contribution < 1.29 is 9.90 Å². The molecule has 0 aliphatic heterocycles. The molecule has 0 bridgehead atoms. The zero-order valence-corrected chi connectivity index (χ0v) is 7.69. The molecule has 0 saturated heterocycles. The first-order valence-corrected chi connectivity index (χ1v) is 4.05. The third-order valence-electron chi connectivity index (χ3n) is 1.93. The second kappa shape index (κ2) is 3.90. The van der Waals surface area contributed by atoms with Crippen molar-refractivity contribution in [2.45, 2.75) is 13.0 Å². The Labute approximate surface area is 81.6 Å². The molecule has 1 rings (SSSR count). The largest absolute Gasteiger partial charge is 0.480 e. The fraction of sp³-hybridized carbons (Fsp3) is 0.200. The lowest BCUT2D eigenvalue weighted by Crippen LogP contribution is -2.21. The van der Waals surface area contributed by atoms with E-state index in [-0.39, 0.29) is 0 Å². The molecule has 1 aromatic carbocycles. The average Bonchev–Trinajstić information content (AvgIpc) is 2.16. The van der Waals surface area contributed by atoms with Crippen LogP contribution in [0.1, 0.15) is 22.7 Å². The highest BCUT2D eigenvalue weighted by atomic mass is 16.4. The highest BCUT2D eigenvalue weighted by Crippen LogP contribution is 2.17. The van der Waals surface area contributed by atoms with E-state index in [4.69, 9.17) is 16.1 Å². The first kappa shape index (κ1) is 10.2. The highest BCUT2D eigenvalue weighted by Gasteiger charge is 2.17. The number of nitriles is 1. The molecule has 0 heterocycles. The molecule has 1 unspecified atom stereocenters. The van der Waals surface area contributed by atoms with Gasteiger partial charge in [-0.25, -0.2) is 0 Å². The number of carbonyl (C=O) groups is 1. The number of carboxylic acids is 1. The van der Waals surface area contributed by atoms with Crippen molar-refractivity contribution in [3.63, 3.8) is 0 Å². The molecule has 4 heteroatoms. The SMILES string of the molecule is Cc1ccc(C(N)C(=O)O)c(C#N)c1. The maximum absolute atomic E-state index is 10.6. The van der Waals surface area contributed by atoms with E-state index >= 15 is 0 Å². The molecule has 1 atom stereocenters. The fourth-order valence-corrected chi connectivity index (χ4v) is 1.17. The van der Waals surface area contributed by atoms with Gasteiger partial charge in [0, 0.05) is 0 Å². The molecule has 14 heavy (non-hydrogen) atoms. The summed E-state index contributed by atoms with van der Waals surface area (Å²) in [6.45, 7) is 1.83. The van der Waals surface area contributed by atoms with E-state index in [1.54, 1.807) is 18.2 Å². The summed E-state index contributed by atoms with van der Waals surface area (Å²) in [6, 6.07) is 5.73. The normalized spacial score (nSPS) is 11.8. The van der Waals surface area contributed by atoms with E-state index in [1.807, 2.05) is 13.0 Å². The molecule has 0 aliphatic rings. The standard InChI is InChI=1S/C10H10N2O2/c1-6-2-3-8(7(4-6)5-11)9(12)10(13)14/h2-4,9H,12H2,1H3,(H,13,14). The predicted octanol–water partition coefficient (Wildman–Crippen LogP) is 0.951.